The van der Waals surface area contributed by atoms with Crippen molar-refractivity contribution in [3.8, 4) is 11.1 Å². The highest BCUT2D eigenvalue weighted by molar-refractivity contribution is 5.99. The van der Waals surface area contributed by atoms with Gasteiger partial charge in [0.1, 0.15) is 6.61 Å². The lowest BCUT2D eigenvalue weighted by Crippen LogP contribution is -2.36. The number of carboxylic acid groups (broad SMARTS) is 1. The highest BCUT2D eigenvalue weighted by Crippen LogP contribution is 2.44. The number of morpholine rings is 1. The highest BCUT2D eigenvalue weighted by atomic mass is 16.5. The number of rotatable bonds is 5. The Morgan fingerprint density at radius 1 is 0.970 bits per heavy atom. The molecule has 168 valence electrons. The molecule has 0 bridgehead atoms. The molecule has 0 radical (unpaired) electrons. The number of carbonyl (C=O) groups is 2. The van der Waals surface area contributed by atoms with E-state index in [1.165, 1.54) is 0 Å². The summed E-state index contributed by atoms with van der Waals surface area (Å²) in [5.74, 6) is -1.18. The first-order valence-corrected chi connectivity index (χ1v) is 10.9. The number of nitrogens with zero attached hydrogens (tertiary/aromatic N) is 1. The number of aromatic carboxylic acids is 1. The average molecular weight is 444 g/mol. The largest absolute Gasteiger partial charge is 0.478 e. The molecule has 1 aliphatic heterocycles. The molecule has 0 unspecified atom stereocenters. The number of anilines is 2. The Labute approximate surface area is 191 Å². The van der Waals surface area contributed by atoms with E-state index in [1.54, 1.807) is 18.2 Å². The minimum Gasteiger partial charge on any atom is -0.478 e. The van der Waals surface area contributed by atoms with Crippen molar-refractivity contribution in [2.24, 2.45) is 0 Å². The molecule has 0 saturated carbocycles. The van der Waals surface area contributed by atoms with Gasteiger partial charge >= 0.3 is 12.1 Å². The highest BCUT2D eigenvalue weighted by Gasteiger charge is 2.29. The van der Waals surface area contributed by atoms with Gasteiger partial charge in [0.2, 0.25) is 0 Å². The fourth-order valence-electron chi connectivity index (χ4n) is 4.58. The number of carboxylic acids is 1. The topological polar surface area (TPSA) is 88.1 Å². The predicted molar refractivity (Wildman–Crippen MR) is 125 cm³/mol. The average Bonchev–Trinajstić information content (AvgIpc) is 3.17. The van der Waals surface area contributed by atoms with E-state index in [2.05, 4.69) is 22.3 Å². The van der Waals surface area contributed by atoms with Gasteiger partial charge in [0.15, 0.2) is 0 Å². The summed E-state index contributed by atoms with van der Waals surface area (Å²) in [4.78, 5) is 26.5. The fourth-order valence-corrected chi connectivity index (χ4v) is 4.58. The molecule has 5 rings (SSSR count). The lowest BCUT2D eigenvalue weighted by Gasteiger charge is -2.29. The Hall–Kier alpha value is -3.84. The molecule has 1 heterocycles. The van der Waals surface area contributed by atoms with Crippen molar-refractivity contribution < 1.29 is 24.2 Å². The normalized spacial score (nSPS) is 15.0. The summed E-state index contributed by atoms with van der Waals surface area (Å²) < 4.78 is 10.9. The lowest BCUT2D eigenvalue weighted by atomic mass is 9.98. The van der Waals surface area contributed by atoms with Crippen molar-refractivity contribution >= 4 is 23.4 Å². The molecule has 7 heteroatoms. The van der Waals surface area contributed by atoms with Crippen LogP contribution < -0.4 is 10.2 Å². The van der Waals surface area contributed by atoms with Gasteiger partial charge in [-0.25, -0.2) is 9.59 Å². The molecule has 1 fully saturated rings. The van der Waals surface area contributed by atoms with E-state index in [9.17, 15) is 14.7 Å². The number of fused-ring (bicyclic) bond motifs is 3. The maximum Gasteiger partial charge on any atom is 0.411 e. The van der Waals surface area contributed by atoms with Gasteiger partial charge < -0.3 is 19.5 Å². The summed E-state index contributed by atoms with van der Waals surface area (Å²) in [6, 6.07) is 21.2. The quantitative estimate of drug-likeness (QED) is 0.599. The Bertz CT molecular complexity index is 1160. The number of benzene rings is 3. The summed E-state index contributed by atoms with van der Waals surface area (Å²) in [6.45, 7) is 2.74. The summed E-state index contributed by atoms with van der Waals surface area (Å²) in [7, 11) is 0. The molecule has 2 aliphatic rings. The van der Waals surface area contributed by atoms with Gasteiger partial charge in [-0.3, -0.25) is 5.32 Å². The SMILES string of the molecule is O=C(Nc1ccc(N2CCOCC2)cc1C(=O)O)OCC1c2ccccc2-c2ccccc21. The van der Waals surface area contributed by atoms with Crippen molar-refractivity contribution in [2.45, 2.75) is 5.92 Å². The lowest BCUT2D eigenvalue weighted by molar-refractivity contribution is 0.0698. The van der Waals surface area contributed by atoms with Crippen molar-refractivity contribution in [3.63, 3.8) is 0 Å². The first kappa shape index (κ1) is 21.0. The summed E-state index contributed by atoms with van der Waals surface area (Å²) in [5.41, 5.74) is 5.54. The molecule has 1 saturated heterocycles. The molecule has 0 aromatic heterocycles. The van der Waals surface area contributed by atoms with Crippen LogP contribution in [-0.2, 0) is 9.47 Å². The predicted octanol–water partition coefficient (Wildman–Crippen LogP) is 4.58. The number of hydrogen-bond donors (Lipinski definition) is 2. The second-order valence-corrected chi connectivity index (χ2v) is 8.09. The zero-order valence-electron chi connectivity index (χ0n) is 18.0. The summed E-state index contributed by atoms with van der Waals surface area (Å²) in [6.07, 6.45) is -0.682. The summed E-state index contributed by atoms with van der Waals surface area (Å²) in [5, 5.41) is 12.3. The van der Waals surface area contributed by atoms with E-state index in [4.69, 9.17) is 9.47 Å². The maximum absolute atomic E-state index is 12.6. The summed E-state index contributed by atoms with van der Waals surface area (Å²) >= 11 is 0. The van der Waals surface area contributed by atoms with Gasteiger partial charge in [-0.1, -0.05) is 48.5 Å². The molecule has 33 heavy (non-hydrogen) atoms. The van der Waals surface area contributed by atoms with E-state index in [1.807, 2.05) is 36.4 Å². The van der Waals surface area contributed by atoms with Crippen molar-refractivity contribution in [1.82, 2.24) is 0 Å². The molecule has 1 amide bonds. The Balaban J connectivity index is 1.30. The van der Waals surface area contributed by atoms with E-state index in [-0.39, 0.29) is 23.8 Å². The zero-order chi connectivity index (χ0) is 22.8. The van der Waals surface area contributed by atoms with Gasteiger partial charge in [0.25, 0.3) is 0 Å². The van der Waals surface area contributed by atoms with Crippen molar-refractivity contribution in [3.05, 3.63) is 83.4 Å². The molecular weight excluding hydrogens is 420 g/mol. The number of ether oxygens (including phenoxy) is 2. The van der Waals surface area contributed by atoms with E-state index in [0.717, 1.165) is 27.9 Å². The van der Waals surface area contributed by atoms with Crippen LogP contribution in [0.3, 0.4) is 0 Å². The second-order valence-electron chi connectivity index (χ2n) is 8.09. The molecule has 3 aromatic rings. The minimum atomic E-state index is -1.11. The molecule has 1 aliphatic carbocycles. The smallest absolute Gasteiger partial charge is 0.411 e. The first-order valence-electron chi connectivity index (χ1n) is 10.9. The van der Waals surface area contributed by atoms with Crippen LogP contribution >= 0.6 is 0 Å². The first-order chi connectivity index (χ1) is 16.1. The number of carbonyl (C=O) groups excluding carboxylic acids is 1. The molecule has 7 nitrogen and oxygen atoms in total. The van der Waals surface area contributed by atoms with Gasteiger partial charge in [-0.2, -0.15) is 0 Å². The zero-order valence-corrected chi connectivity index (χ0v) is 18.0. The van der Waals surface area contributed by atoms with E-state index < -0.39 is 12.1 Å². The fraction of sp³-hybridized carbons (Fsp3) is 0.231. The van der Waals surface area contributed by atoms with Gasteiger partial charge in [0.05, 0.1) is 24.5 Å². The third-order valence-electron chi connectivity index (χ3n) is 6.19. The standard InChI is InChI=1S/C26H24N2O5/c29-25(30)22-15-17(28-11-13-32-14-12-28)9-10-24(22)27-26(31)33-16-23-20-7-3-1-5-18(20)19-6-2-4-8-21(19)23/h1-10,15,23H,11-14,16H2,(H,27,31)(H,29,30). The minimum absolute atomic E-state index is 0.0208. The Kier molecular flexibility index (Phi) is 5.71. The van der Waals surface area contributed by atoms with Crippen molar-refractivity contribution in [2.75, 3.05) is 43.1 Å². The van der Waals surface area contributed by atoms with Gasteiger partial charge in [-0.05, 0) is 40.5 Å². The van der Waals surface area contributed by atoms with Crippen LogP contribution in [0.15, 0.2) is 66.7 Å². The third kappa shape index (κ3) is 4.15. The van der Waals surface area contributed by atoms with Crippen molar-refractivity contribution in [1.29, 1.82) is 0 Å². The van der Waals surface area contributed by atoms with Crippen LogP contribution in [-0.4, -0.2) is 50.1 Å². The molecular formula is C26H24N2O5. The maximum atomic E-state index is 12.6. The monoisotopic (exact) mass is 444 g/mol. The molecule has 0 spiro atoms. The number of nitrogens with one attached hydrogen (secondary N) is 1. The van der Waals surface area contributed by atoms with E-state index >= 15 is 0 Å². The molecule has 2 N–H and O–H groups in total. The van der Waals surface area contributed by atoms with Crippen LogP contribution in [0.4, 0.5) is 16.2 Å². The Morgan fingerprint density at radius 3 is 2.24 bits per heavy atom. The van der Waals surface area contributed by atoms with Gasteiger partial charge in [-0.15, -0.1) is 0 Å². The Morgan fingerprint density at radius 2 is 1.61 bits per heavy atom. The second kappa shape index (κ2) is 8.96. The van der Waals surface area contributed by atoms with Crippen LogP contribution in [0, 0.1) is 0 Å². The third-order valence-corrected chi connectivity index (χ3v) is 6.19. The van der Waals surface area contributed by atoms with Crippen LogP contribution in [0.1, 0.15) is 27.4 Å². The van der Waals surface area contributed by atoms with E-state index in [0.29, 0.717) is 26.3 Å². The van der Waals surface area contributed by atoms with Crippen LogP contribution in [0.5, 0.6) is 0 Å². The van der Waals surface area contributed by atoms with Crippen LogP contribution in [0.2, 0.25) is 0 Å². The number of amides is 1. The van der Waals surface area contributed by atoms with Crippen LogP contribution in [0.25, 0.3) is 11.1 Å². The molecule has 3 aromatic carbocycles. The molecule has 0 atom stereocenters. The van der Waals surface area contributed by atoms with Gasteiger partial charge in [0, 0.05) is 24.7 Å². The number of hydrogen-bond acceptors (Lipinski definition) is 5.